The number of para-hydroxylation sites is 2. The zero-order valence-corrected chi connectivity index (χ0v) is 13.2. The van der Waals surface area contributed by atoms with Crippen LogP contribution in [-0.4, -0.2) is 54.2 Å². The Labute approximate surface area is 130 Å². The first-order chi connectivity index (χ1) is 10.4. The molecule has 1 aliphatic heterocycles. The van der Waals surface area contributed by atoms with Crippen molar-refractivity contribution in [1.82, 2.24) is 4.90 Å². The minimum absolute atomic E-state index is 0.0748. The lowest BCUT2D eigenvalue weighted by Gasteiger charge is -2.38. The Morgan fingerprint density at radius 3 is 2.73 bits per heavy atom. The van der Waals surface area contributed by atoms with Crippen molar-refractivity contribution in [3.8, 4) is 5.75 Å². The monoisotopic (exact) mass is 306 g/mol. The molecule has 1 N–H and O–H groups in total. The number of amides is 2. The quantitative estimate of drug-likeness (QED) is 0.882. The molecule has 1 heterocycles. The number of aliphatic hydroxyl groups is 1. The van der Waals surface area contributed by atoms with Gasteiger partial charge >= 0.3 is 0 Å². The summed E-state index contributed by atoms with van der Waals surface area (Å²) in [7, 11) is 1.64. The van der Waals surface area contributed by atoms with Gasteiger partial charge in [-0.25, -0.2) is 0 Å². The molecule has 0 aliphatic carbocycles. The van der Waals surface area contributed by atoms with Crippen LogP contribution in [-0.2, 0) is 9.59 Å². The van der Waals surface area contributed by atoms with Crippen LogP contribution < -0.4 is 9.64 Å². The molecule has 2 amide bonds. The molecule has 0 radical (unpaired) electrons. The topological polar surface area (TPSA) is 70.1 Å². The molecule has 0 fully saturated rings. The minimum Gasteiger partial charge on any atom is -0.476 e. The van der Waals surface area contributed by atoms with Crippen LogP contribution in [0.3, 0.4) is 0 Å². The molecular weight excluding hydrogens is 284 g/mol. The summed E-state index contributed by atoms with van der Waals surface area (Å²) in [6.45, 7) is 3.94. The molecule has 0 bridgehead atoms. The molecule has 2 rings (SSSR count). The predicted octanol–water partition coefficient (Wildman–Crippen LogP) is 1.03. The zero-order chi connectivity index (χ0) is 16.3. The number of aliphatic hydroxyl groups excluding tert-OH is 1. The summed E-state index contributed by atoms with van der Waals surface area (Å²) in [6.07, 6.45) is 0.201. The fourth-order valence-corrected chi connectivity index (χ4v) is 2.41. The normalized spacial score (nSPS) is 16.0. The van der Waals surface area contributed by atoms with E-state index in [-0.39, 0.29) is 37.9 Å². The third-order valence-electron chi connectivity index (χ3n) is 3.69. The third-order valence-corrected chi connectivity index (χ3v) is 3.69. The van der Waals surface area contributed by atoms with Gasteiger partial charge in [-0.3, -0.25) is 9.59 Å². The molecule has 0 spiro atoms. The van der Waals surface area contributed by atoms with Crippen molar-refractivity contribution in [3.05, 3.63) is 24.3 Å². The Morgan fingerprint density at radius 2 is 2.05 bits per heavy atom. The number of rotatable bonds is 5. The molecule has 22 heavy (non-hydrogen) atoms. The van der Waals surface area contributed by atoms with E-state index in [0.717, 1.165) is 0 Å². The maximum Gasteiger partial charge on any atom is 0.270 e. The number of carbonyl (C=O) groups excluding carboxylic acids is 2. The minimum atomic E-state index is -0.950. The largest absolute Gasteiger partial charge is 0.476 e. The number of nitrogens with zero attached hydrogens (tertiary/aromatic N) is 2. The number of ether oxygens (including phenoxy) is 1. The first-order valence-electron chi connectivity index (χ1n) is 7.31. The van der Waals surface area contributed by atoms with E-state index in [1.807, 2.05) is 24.3 Å². The van der Waals surface area contributed by atoms with Crippen LogP contribution in [0.4, 0.5) is 5.69 Å². The molecule has 1 aromatic carbocycles. The van der Waals surface area contributed by atoms with Crippen LogP contribution in [0.2, 0.25) is 0 Å². The van der Waals surface area contributed by atoms with Gasteiger partial charge in [-0.2, -0.15) is 0 Å². The summed E-state index contributed by atoms with van der Waals surface area (Å²) in [5, 5.41) is 8.87. The van der Waals surface area contributed by atoms with E-state index < -0.39 is 5.60 Å². The Bertz CT molecular complexity index is 571. The summed E-state index contributed by atoms with van der Waals surface area (Å²) in [4.78, 5) is 27.6. The van der Waals surface area contributed by atoms with Crippen molar-refractivity contribution < 1.29 is 19.4 Å². The second-order valence-corrected chi connectivity index (χ2v) is 5.83. The van der Waals surface area contributed by atoms with Crippen molar-refractivity contribution in [3.63, 3.8) is 0 Å². The Hall–Kier alpha value is -2.08. The molecule has 1 aromatic rings. The Kier molecular flexibility index (Phi) is 4.71. The highest BCUT2D eigenvalue weighted by Gasteiger charge is 2.40. The van der Waals surface area contributed by atoms with Gasteiger partial charge in [0.1, 0.15) is 5.75 Å². The molecule has 0 aromatic heterocycles. The van der Waals surface area contributed by atoms with E-state index in [9.17, 15) is 9.59 Å². The predicted molar refractivity (Wildman–Crippen MR) is 82.8 cm³/mol. The Morgan fingerprint density at radius 1 is 1.36 bits per heavy atom. The van der Waals surface area contributed by atoms with Crippen molar-refractivity contribution in [2.45, 2.75) is 25.9 Å². The van der Waals surface area contributed by atoms with E-state index in [4.69, 9.17) is 9.84 Å². The molecule has 6 heteroatoms. The van der Waals surface area contributed by atoms with Gasteiger partial charge in [-0.1, -0.05) is 12.1 Å². The molecule has 0 atom stereocenters. The van der Waals surface area contributed by atoms with Crippen LogP contribution in [0.1, 0.15) is 20.3 Å². The van der Waals surface area contributed by atoms with E-state index >= 15 is 0 Å². The second kappa shape index (κ2) is 6.36. The zero-order valence-electron chi connectivity index (χ0n) is 13.2. The summed E-state index contributed by atoms with van der Waals surface area (Å²) in [5.41, 5.74) is -0.265. The van der Waals surface area contributed by atoms with Gasteiger partial charge in [0, 0.05) is 26.6 Å². The maximum absolute atomic E-state index is 12.6. The summed E-state index contributed by atoms with van der Waals surface area (Å²) >= 11 is 0. The first kappa shape index (κ1) is 16.3. The SMILES string of the molecule is CN(CCO)C(=O)CCN1C(=O)C(C)(C)Oc2ccccc21. The lowest BCUT2D eigenvalue weighted by atomic mass is 10.0. The van der Waals surface area contributed by atoms with Crippen molar-refractivity contribution in [2.24, 2.45) is 0 Å². The third kappa shape index (κ3) is 3.22. The van der Waals surface area contributed by atoms with Crippen molar-refractivity contribution >= 4 is 17.5 Å². The average Bonchev–Trinajstić information content (AvgIpc) is 2.47. The van der Waals surface area contributed by atoms with Gasteiger partial charge in [0.2, 0.25) is 5.91 Å². The standard InChI is InChI=1S/C16H22N2O4/c1-16(2)15(21)18(9-8-14(20)17(3)10-11-19)12-6-4-5-7-13(12)22-16/h4-7,19H,8-11H2,1-3H3. The first-order valence-corrected chi connectivity index (χ1v) is 7.31. The average molecular weight is 306 g/mol. The van der Waals surface area contributed by atoms with Gasteiger partial charge in [0.05, 0.1) is 12.3 Å². The number of hydrogen-bond donors (Lipinski definition) is 1. The molecule has 0 saturated carbocycles. The highest BCUT2D eigenvalue weighted by molar-refractivity contribution is 6.02. The molecule has 6 nitrogen and oxygen atoms in total. The van der Waals surface area contributed by atoms with Gasteiger partial charge in [0.25, 0.3) is 5.91 Å². The number of carbonyl (C=O) groups is 2. The number of hydrogen-bond acceptors (Lipinski definition) is 4. The van der Waals surface area contributed by atoms with Crippen molar-refractivity contribution in [1.29, 1.82) is 0 Å². The highest BCUT2D eigenvalue weighted by atomic mass is 16.5. The Balaban J connectivity index is 2.15. The second-order valence-electron chi connectivity index (χ2n) is 5.83. The van der Waals surface area contributed by atoms with E-state index in [1.54, 1.807) is 25.8 Å². The van der Waals surface area contributed by atoms with Gasteiger partial charge in [-0.05, 0) is 26.0 Å². The molecule has 1 aliphatic rings. The molecule has 0 unspecified atom stereocenters. The van der Waals surface area contributed by atoms with Crippen LogP contribution in [0.15, 0.2) is 24.3 Å². The van der Waals surface area contributed by atoms with Crippen LogP contribution in [0.25, 0.3) is 0 Å². The highest BCUT2D eigenvalue weighted by Crippen LogP contribution is 2.37. The fourth-order valence-electron chi connectivity index (χ4n) is 2.41. The fraction of sp³-hybridized carbons (Fsp3) is 0.500. The number of likely N-dealkylation sites (N-methyl/N-ethyl adjacent to an activating group) is 1. The van der Waals surface area contributed by atoms with E-state index in [0.29, 0.717) is 11.4 Å². The summed E-state index contributed by atoms with van der Waals surface area (Å²) in [6, 6.07) is 7.31. The molecule has 0 saturated heterocycles. The van der Waals surface area contributed by atoms with E-state index in [2.05, 4.69) is 0 Å². The van der Waals surface area contributed by atoms with Crippen LogP contribution in [0.5, 0.6) is 5.75 Å². The smallest absolute Gasteiger partial charge is 0.270 e. The van der Waals surface area contributed by atoms with Gasteiger partial charge < -0.3 is 19.6 Å². The molecule has 120 valence electrons. The number of anilines is 1. The van der Waals surface area contributed by atoms with Gasteiger partial charge in [0.15, 0.2) is 5.60 Å². The lowest BCUT2D eigenvalue weighted by Crippen LogP contribution is -2.53. The van der Waals surface area contributed by atoms with Crippen LogP contribution >= 0.6 is 0 Å². The summed E-state index contributed by atoms with van der Waals surface area (Å²) in [5.74, 6) is 0.371. The van der Waals surface area contributed by atoms with Crippen molar-refractivity contribution in [2.75, 3.05) is 31.6 Å². The number of fused-ring (bicyclic) bond motifs is 1. The maximum atomic E-state index is 12.6. The summed E-state index contributed by atoms with van der Waals surface area (Å²) < 4.78 is 5.74. The lowest BCUT2D eigenvalue weighted by molar-refractivity contribution is -0.133. The van der Waals surface area contributed by atoms with E-state index in [1.165, 1.54) is 4.90 Å². The van der Waals surface area contributed by atoms with Gasteiger partial charge in [-0.15, -0.1) is 0 Å². The molecular formula is C16H22N2O4. The number of benzene rings is 1. The van der Waals surface area contributed by atoms with Crippen LogP contribution in [0, 0.1) is 0 Å².